The summed E-state index contributed by atoms with van der Waals surface area (Å²) in [5, 5.41) is 0. The largest absolute Gasteiger partial charge is 0.465 e. The molecule has 0 aliphatic heterocycles. The fraction of sp³-hybridized carbons (Fsp3) is 0.0714. The van der Waals surface area contributed by atoms with Gasteiger partial charge >= 0.3 is 5.97 Å². The number of halogens is 1. The highest BCUT2D eigenvalue weighted by atomic mass is 32.2. The number of methoxy groups -OCH3 is 1. The summed E-state index contributed by atoms with van der Waals surface area (Å²) in [5.74, 6) is -1.34. The van der Waals surface area contributed by atoms with Crippen molar-refractivity contribution < 1.29 is 22.3 Å². The van der Waals surface area contributed by atoms with Crippen LogP contribution in [0, 0.1) is 5.82 Å². The van der Waals surface area contributed by atoms with E-state index in [-0.39, 0.29) is 16.1 Å². The Morgan fingerprint density at radius 2 is 1.86 bits per heavy atom. The summed E-state index contributed by atoms with van der Waals surface area (Å²) in [6.07, 6.45) is 0. The van der Waals surface area contributed by atoms with E-state index in [1.165, 1.54) is 31.4 Å². The van der Waals surface area contributed by atoms with Crippen LogP contribution in [0.15, 0.2) is 53.4 Å². The molecule has 0 saturated heterocycles. The van der Waals surface area contributed by atoms with Crippen LogP contribution < -0.4 is 4.72 Å². The molecular formula is C14H12FNO4S. The van der Waals surface area contributed by atoms with Crippen LogP contribution in [-0.2, 0) is 14.8 Å². The maximum Gasteiger partial charge on any atom is 0.339 e. The summed E-state index contributed by atoms with van der Waals surface area (Å²) in [7, 11) is -2.80. The molecule has 2 aromatic rings. The third kappa shape index (κ3) is 3.38. The lowest BCUT2D eigenvalue weighted by molar-refractivity contribution is 0.0602. The molecule has 0 radical (unpaired) electrons. The van der Waals surface area contributed by atoms with Crippen molar-refractivity contribution in [2.45, 2.75) is 4.90 Å². The molecule has 2 aromatic carbocycles. The van der Waals surface area contributed by atoms with Crippen LogP contribution in [0.2, 0.25) is 0 Å². The van der Waals surface area contributed by atoms with E-state index in [0.29, 0.717) is 0 Å². The molecule has 0 unspecified atom stereocenters. The van der Waals surface area contributed by atoms with Crippen molar-refractivity contribution >= 4 is 21.7 Å². The number of hydrogen-bond donors (Lipinski definition) is 1. The highest BCUT2D eigenvalue weighted by Gasteiger charge is 2.19. The van der Waals surface area contributed by atoms with Gasteiger partial charge in [0.25, 0.3) is 10.0 Å². The van der Waals surface area contributed by atoms with Gasteiger partial charge < -0.3 is 4.74 Å². The van der Waals surface area contributed by atoms with Gasteiger partial charge in [0.15, 0.2) is 0 Å². The Hall–Kier alpha value is -2.41. The van der Waals surface area contributed by atoms with Gasteiger partial charge in [-0.25, -0.2) is 17.6 Å². The molecule has 0 aliphatic rings. The van der Waals surface area contributed by atoms with Gasteiger partial charge in [-0.05, 0) is 30.3 Å². The smallest absolute Gasteiger partial charge is 0.339 e. The molecule has 110 valence electrons. The topological polar surface area (TPSA) is 72.5 Å². The Balaban J connectivity index is 2.40. The minimum atomic E-state index is -4.00. The summed E-state index contributed by atoms with van der Waals surface area (Å²) >= 11 is 0. The van der Waals surface area contributed by atoms with Gasteiger partial charge in [0.05, 0.1) is 23.3 Å². The van der Waals surface area contributed by atoms with E-state index < -0.39 is 21.8 Å². The number of nitrogens with one attached hydrogen (secondary N) is 1. The van der Waals surface area contributed by atoms with Crippen molar-refractivity contribution in [1.82, 2.24) is 0 Å². The standard InChI is InChI=1S/C14H12FNO4S/c1-20-14(17)12-7-2-3-8-13(12)16-21(18,19)11-6-4-5-10(15)9-11/h2-9,16H,1H3. The highest BCUT2D eigenvalue weighted by Crippen LogP contribution is 2.21. The second kappa shape index (κ2) is 5.92. The molecule has 5 nitrogen and oxygen atoms in total. The Morgan fingerprint density at radius 1 is 1.14 bits per heavy atom. The van der Waals surface area contributed by atoms with Gasteiger partial charge in [-0.1, -0.05) is 18.2 Å². The van der Waals surface area contributed by atoms with Gasteiger partial charge in [0, 0.05) is 0 Å². The normalized spacial score (nSPS) is 11.0. The number of benzene rings is 2. The summed E-state index contributed by atoms with van der Waals surface area (Å²) in [6.45, 7) is 0. The Morgan fingerprint density at radius 3 is 2.52 bits per heavy atom. The van der Waals surface area contributed by atoms with E-state index in [9.17, 15) is 17.6 Å². The van der Waals surface area contributed by atoms with Crippen LogP contribution >= 0.6 is 0 Å². The second-order valence-corrected chi connectivity index (χ2v) is 5.78. The number of para-hydroxylation sites is 1. The molecule has 2 rings (SSSR count). The van der Waals surface area contributed by atoms with E-state index in [0.717, 1.165) is 12.1 Å². The molecule has 7 heteroatoms. The summed E-state index contributed by atoms with van der Waals surface area (Å²) in [5.41, 5.74) is 0.133. The molecule has 21 heavy (non-hydrogen) atoms. The molecular weight excluding hydrogens is 297 g/mol. The van der Waals surface area contributed by atoms with E-state index in [4.69, 9.17) is 0 Å². The molecule has 0 aromatic heterocycles. The maximum absolute atomic E-state index is 13.1. The number of sulfonamides is 1. The van der Waals surface area contributed by atoms with Gasteiger partial charge in [-0.15, -0.1) is 0 Å². The van der Waals surface area contributed by atoms with Gasteiger partial charge in [0.1, 0.15) is 5.82 Å². The molecule has 0 heterocycles. The minimum Gasteiger partial charge on any atom is -0.465 e. The average molecular weight is 309 g/mol. The Bertz CT molecular complexity index is 774. The van der Waals surface area contributed by atoms with E-state index in [2.05, 4.69) is 9.46 Å². The summed E-state index contributed by atoms with van der Waals surface area (Å²) < 4.78 is 44.3. The SMILES string of the molecule is COC(=O)c1ccccc1NS(=O)(=O)c1cccc(F)c1. The lowest BCUT2D eigenvalue weighted by Crippen LogP contribution is -2.16. The van der Waals surface area contributed by atoms with Crippen molar-refractivity contribution in [1.29, 1.82) is 0 Å². The first-order valence-corrected chi connectivity index (χ1v) is 7.38. The Labute approximate surface area is 121 Å². The first kappa shape index (κ1) is 15.0. The minimum absolute atomic E-state index is 0.0635. The maximum atomic E-state index is 13.1. The zero-order chi connectivity index (χ0) is 15.5. The summed E-state index contributed by atoms with van der Waals surface area (Å²) in [4.78, 5) is 11.4. The number of ether oxygens (including phenoxy) is 1. The van der Waals surface area contributed by atoms with Gasteiger partial charge in [-0.2, -0.15) is 0 Å². The van der Waals surface area contributed by atoms with Crippen molar-refractivity contribution in [3.63, 3.8) is 0 Å². The second-order valence-electron chi connectivity index (χ2n) is 4.10. The van der Waals surface area contributed by atoms with Crippen LogP contribution in [0.1, 0.15) is 10.4 Å². The highest BCUT2D eigenvalue weighted by molar-refractivity contribution is 7.92. The third-order valence-corrected chi connectivity index (χ3v) is 4.05. The molecule has 0 bridgehead atoms. The first-order chi connectivity index (χ1) is 9.94. The van der Waals surface area contributed by atoms with E-state index >= 15 is 0 Å². The molecule has 0 atom stereocenters. The first-order valence-electron chi connectivity index (χ1n) is 5.90. The molecule has 0 aliphatic carbocycles. The number of rotatable bonds is 4. The van der Waals surface area contributed by atoms with Crippen molar-refractivity contribution in [3.05, 3.63) is 59.9 Å². The number of esters is 1. The zero-order valence-corrected chi connectivity index (χ0v) is 11.9. The van der Waals surface area contributed by atoms with Crippen molar-refractivity contribution in [2.24, 2.45) is 0 Å². The van der Waals surface area contributed by atoms with Crippen LogP contribution in [-0.4, -0.2) is 21.5 Å². The van der Waals surface area contributed by atoms with E-state index in [1.54, 1.807) is 12.1 Å². The average Bonchev–Trinajstić information content (AvgIpc) is 2.46. The fourth-order valence-corrected chi connectivity index (χ4v) is 2.81. The number of anilines is 1. The third-order valence-electron chi connectivity index (χ3n) is 2.68. The number of hydrogen-bond acceptors (Lipinski definition) is 4. The monoisotopic (exact) mass is 309 g/mol. The molecule has 0 spiro atoms. The van der Waals surface area contributed by atoms with E-state index in [1.807, 2.05) is 0 Å². The van der Waals surface area contributed by atoms with Gasteiger partial charge in [0.2, 0.25) is 0 Å². The quantitative estimate of drug-likeness (QED) is 0.880. The number of carbonyl (C=O) groups is 1. The van der Waals surface area contributed by atoms with Crippen LogP contribution in [0.5, 0.6) is 0 Å². The molecule has 1 N–H and O–H groups in total. The number of carbonyl (C=O) groups excluding carboxylic acids is 1. The fourth-order valence-electron chi connectivity index (χ4n) is 1.70. The lowest BCUT2D eigenvalue weighted by Gasteiger charge is -2.11. The zero-order valence-electron chi connectivity index (χ0n) is 11.0. The Kier molecular flexibility index (Phi) is 4.23. The van der Waals surface area contributed by atoms with Crippen LogP contribution in [0.3, 0.4) is 0 Å². The van der Waals surface area contributed by atoms with Crippen LogP contribution in [0.25, 0.3) is 0 Å². The van der Waals surface area contributed by atoms with Gasteiger partial charge in [-0.3, -0.25) is 4.72 Å². The predicted octanol–water partition coefficient (Wildman–Crippen LogP) is 2.41. The van der Waals surface area contributed by atoms with Crippen molar-refractivity contribution in [3.8, 4) is 0 Å². The lowest BCUT2D eigenvalue weighted by atomic mass is 10.2. The predicted molar refractivity (Wildman–Crippen MR) is 75.0 cm³/mol. The molecule has 0 saturated carbocycles. The summed E-state index contributed by atoms with van der Waals surface area (Å²) in [6, 6.07) is 10.6. The van der Waals surface area contributed by atoms with Crippen LogP contribution in [0.4, 0.5) is 10.1 Å². The molecule has 0 fully saturated rings. The molecule has 0 amide bonds. The van der Waals surface area contributed by atoms with Crippen molar-refractivity contribution in [2.75, 3.05) is 11.8 Å².